The second-order valence-corrected chi connectivity index (χ2v) is 5.83. The monoisotopic (exact) mass is 355 g/mol. The number of nitrogens with one attached hydrogen (secondary N) is 2. The first-order valence-corrected chi connectivity index (χ1v) is 8.35. The van der Waals surface area contributed by atoms with Crippen LogP contribution in [0.3, 0.4) is 0 Å². The third-order valence-electron chi connectivity index (χ3n) is 3.98. The van der Waals surface area contributed by atoms with Crippen molar-refractivity contribution < 1.29 is 9.13 Å². The van der Waals surface area contributed by atoms with Gasteiger partial charge in [-0.05, 0) is 12.1 Å². The van der Waals surface area contributed by atoms with Crippen LogP contribution in [0.15, 0.2) is 42.7 Å². The molecule has 0 radical (unpaired) electrons. The first kappa shape index (κ1) is 16.6. The maximum atomic E-state index is 14.0. The summed E-state index contributed by atoms with van der Waals surface area (Å²) >= 11 is 0. The van der Waals surface area contributed by atoms with E-state index in [1.807, 2.05) is 30.3 Å². The zero-order valence-electron chi connectivity index (χ0n) is 14.0. The summed E-state index contributed by atoms with van der Waals surface area (Å²) in [7, 11) is 0. The van der Waals surface area contributed by atoms with E-state index in [9.17, 15) is 4.39 Å². The molecule has 1 aromatic carbocycles. The molecule has 1 aliphatic heterocycles. The predicted octanol–water partition coefficient (Wildman–Crippen LogP) is 1.47. The fraction of sp³-hybridized carbons (Fsp3) is 0.294. The van der Waals surface area contributed by atoms with Gasteiger partial charge >= 0.3 is 0 Å². The maximum absolute atomic E-state index is 14.0. The van der Waals surface area contributed by atoms with E-state index in [2.05, 4.69) is 30.9 Å². The van der Waals surface area contributed by atoms with E-state index in [1.165, 1.54) is 0 Å². The van der Waals surface area contributed by atoms with E-state index >= 15 is 0 Å². The van der Waals surface area contributed by atoms with Crippen LogP contribution in [0.5, 0.6) is 0 Å². The molecular formula is C17H18FN7O. The lowest BCUT2D eigenvalue weighted by molar-refractivity contribution is 0.0221. The minimum absolute atomic E-state index is 0.124. The fourth-order valence-electron chi connectivity index (χ4n) is 2.65. The normalized spacial score (nSPS) is 17.2. The summed E-state index contributed by atoms with van der Waals surface area (Å²) in [5.74, 6) is 0.0560. The number of para-hydroxylation sites is 1. The zero-order valence-corrected chi connectivity index (χ0v) is 14.0. The number of ether oxygens (including phenoxy) is 1. The van der Waals surface area contributed by atoms with Gasteiger partial charge in [0.25, 0.3) is 0 Å². The summed E-state index contributed by atoms with van der Waals surface area (Å²) in [5, 5.41) is 14.3. The molecule has 0 spiro atoms. The number of hydrogen-bond acceptors (Lipinski definition) is 7. The Morgan fingerprint density at radius 1 is 1.31 bits per heavy atom. The molecule has 0 aliphatic carbocycles. The number of hydrogen-bond donors (Lipinski definition) is 2. The van der Waals surface area contributed by atoms with Gasteiger partial charge in [-0.25, -0.2) is 19.0 Å². The molecule has 0 amide bonds. The highest BCUT2D eigenvalue weighted by atomic mass is 19.1. The number of rotatable bonds is 5. The smallest absolute Gasteiger partial charge is 0.183 e. The Balaban J connectivity index is 1.45. The number of anilines is 1. The second-order valence-electron chi connectivity index (χ2n) is 5.83. The molecule has 1 saturated heterocycles. The molecule has 2 N–H and O–H groups in total. The summed E-state index contributed by atoms with van der Waals surface area (Å²) in [5.41, 5.74) is 1.58. The van der Waals surface area contributed by atoms with Gasteiger partial charge in [0, 0.05) is 13.1 Å². The van der Waals surface area contributed by atoms with Gasteiger partial charge in [-0.2, -0.15) is 0 Å². The van der Waals surface area contributed by atoms with Crippen LogP contribution in [0, 0.1) is 5.82 Å². The quantitative estimate of drug-likeness (QED) is 0.716. The van der Waals surface area contributed by atoms with E-state index in [-0.39, 0.29) is 11.9 Å². The molecule has 0 saturated carbocycles. The average molecular weight is 355 g/mol. The van der Waals surface area contributed by atoms with Crippen LogP contribution in [0.25, 0.3) is 5.69 Å². The highest BCUT2D eigenvalue weighted by Crippen LogP contribution is 2.18. The molecule has 26 heavy (non-hydrogen) atoms. The maximum Gasteiger partial charge on any atom is 0.183 e. The Bertz CT molecular complexity index is 865. The zero-order chi connectivity index (χ0) is 17.8. The number of morpholine rings is 1. The highest BCUT2D eigenvalue weighted by Gasteiger charge is 2.20. The Kier molecular flexibility index (Phi) is 4.80. The molecule has 1 atom stereocenters. The predicted molar refractivity (Wildman–Crippen MR) is 92.2 cm³/mol. The molecule has 4 rings (SSSR count). The average Bonchev–Trinajstić information content (AvgIpc) is 3.18. The van der Waals surface area contributed by atoms with E-state index in [0.717, 1.165) is 18.4 Å². The molecule has 2 aromatic heterocycles. The topological polar surface area (TPSA) is 89.8 Å². The lowest BCUT2D eigenvalue weighted by Crippen LogP contribution is -2.34. The summed E-state index contributed by atoms with van der Waals surface area (Å²) in [4.78, 5) is 8.30. The SMILES string of the molecule is Fc1cnc(C2CNCCO2)nc1NCc1cn(-c2ccccc2)nn1. The summed E-state index contributed by atoms with van der Waals surface area (Å²) in [6.45, 7) is 2.27. The van der Waals surface area contributed by atoms with Gasteiger partial charge in [-0.15, -0.1) is 5.10 Å². The molecule has 8 nitrogen and oxygen atoms in total. The van der Waals surface area contributed by atoms with Gasteiger partial charge in [-0.1, -0.05) is 23.4 Å². The van der Waals surface area contributed by atoms with Crippen molar-refractivity contribution in [3.05, 3.63) is 60.1 Å². The molecule has 134 valence electrons. The van der Waals surface area contributed by atoms with Crippen molar-refractivity contribution in [3.8, 4) is 5.69 Å². The molecule has 9 heteroatoms. The van der Waals surface area contributed by atoms with E-state index in [0.29, 0.717) is 31.2 Å². The standard InChI is InChI=1S/C17H18FN7O/c18-14-9-21-17(15-10-19-6-7-26-15)22-16(14)20-8-12-11-25(24-23-12)13-4-2-1-3-5-13/h1-5,9,11,15,19H,6-8,10H2,(H,20,21,22). The first-order chi connectivity index (χ1) is 12.8. The number of halogens is 1. The van der Waals surface area contributed by atoms with Crippen LogP contribution >= 0.6 is 0 Å². The van der Waals surface area contributed by atoms with Crippen LogP contribution in [-0.2, 0) is 11.3 Å². The van der Waals surface area contributed by atoms with Gasteiger partial charge in [0.15, 0.2) is 17.5 Å². The van der Waals surface area contributed by atoms with E-state index in [1.54, 1.807) is 10.9 Å². The van der Waals surface area contributed by atoms with Crippen LogP contribution in [0.1, 0.15) is 17.6 Å². The molecule has 1 aliphatic rings. The molecule has 3 heterocycles. The summed E-state index contributed by atoms with van der Waals surface area (Å²) in [6.07, 6.45) is 2.67. The van der Waals surface area contributed by atoms with Gasteiger partial charge in [0.1, 0.15) is 11.8 Å². The van der Waals surface area contributed by atoms with E-state index in [4.69, 9.17) is 4.74 Å². The van der Waals surface area contributed by atoms with E-state index < -0.39 is 5.82 Å². The third kappa shape index (κ3) is 3.68. The molecule has 3 aromatic rings. The number of benzene rings is 1. The van der Waals surface area contributed by atoms with Gasteiger partial charge < -0.3 is 15.4 Å². The molecule has 1 unspecified atom stereocenters. The van der Waals surface area contributed by atoms with Gasteiger partial charge in [-0.3, -0.25) is 0 Å². The molecular weight excluding hydrogens is 337 g/mol. The summed E-state index contributed by atoms with van der Waals surface area (Å²) in [6, 6.07) is 9.65. The van der Waals surface area contributed by atoms with Crippen LogP contribution in [-0.4, -0.2) is 44.7 Å². The van der Waals surface area contributed by atoms with Crippen molar-refractivity contribution in [3.63, 3.8) is 0 Å². The second kappa shape index (κ2) is 7.54. The molecule has 0 bridgehead atoms. The van der Waals surface area contributed by atoms with Crippen molar-refractivity contribution in [1.82, 2.24) is 30.3 Å². The largest absolute Gasteiger partial charge is 0.368 e. The minimum Gasteiger partial charge on any atom is -0.368 e. The van der Waals surface area contributed by atoms with Crippen molar-refractivity contribution >= 4 is 5.82 Å². The van der Waals surface area contributed by atoms with Crippen LogP contribution < -0.4 is 10.6 Å². The number of aromatic nitrogens is 5. The Hall–Kier alpha value is -2.91. The first-order valence-electron chi connectivity index (χ1n) is 8.35. The van der Waals surface area contributed by atoms with Crippen molar-refractivity contribution in [1.29, 1.82) is 0 Å². The Morgan fingerprint density at radius 2 is 2.19 bits per heavy atom. The Labute approximate surface area is 149 Å². The lowest BCUT2D eigenvalue weighted by Gasteiger charge is -2.22. The lowest BCUT2D eigenvalue weighted by atomic mass is 10.3. The van der Waals surface area contributed by atoms with Gasteiger partial charge in [0.2, 0.25) is 0 Å². The third-order valence-corrected chi connectivity index (χ3v) is 3.98. The fourth-order valence-corrected chi connectivity index (χ4v) is 2.65. The summed E-state index contributed by atoms with van der Waals surface area (Å²) < 4.78 is 21.3. The van der Waals surface area contributed by atoms with Gasteiger partial charge in [0.05, 0.1) is 31.2 Å². The molecule has 1 fully saturated rings. The number of nitrogens with zero attached hydrogens (tertiary/aromatic N) is 5. The van der Waals surface area contributed by atoms with Crippen LogP contribution in [0.2, 0.25) is 0 Å². The van der Waals surface area contributed by atoms with Crippen molar-refractivity contribution in [2.45, 2.75) is 12.6 Å². The van der Waals surface area contributed by atoms with Crippen molar-refractivity contribution in [2.24, 2.45) is 0 Å². The highest BCUT2D eigenvalue weighted by molar-refractivity contribution is 5.36. The van der Waals surface area contributed by atoms with Crippen LogP contribution in [0.4, 0.5) is 10.2 Å². The Morgan fingerprint density at radius 3 is 3.00 bits per heavy atom. The van der Waals surface area contributed by atoms with Crippen molar-refractivity contribution in [2.75, 3.05) is 25.0 Å². The minimum atomic E-state index is -0.520.